The van der Waals surface area contributed by atoms with E-state index in [4.69, 9.17) is 11.0 Å². The Kier molecular flexibility index (Phi) is 2.01. The normalized spacial score (nSPS) is 18.4. The highest BCUT2D eigenvalue weighted by Gasteiger charge is 2.36. The Morgan fingerprint density at radius 2 is 2.14 bits per heavy atom. The molecule has 0 heterocycles. The molecule has 2 rings (SSSR count). The molecular weight excluding hydrogens is 179 g/mol. The Hall–Kier alpha value is -1.40. The standard InChI is InChI=1S/C11H11FN2/c12-10-6-8(7-13)2-3-9(10)11(14)4-1-5-11/h2-3,6H,1,4-5,14H2. The first kappa shape index (κ1) is 9.17. The summed E-state index contributed by atoms with van der Waals surface area (Å²) >= 11 is 0. The first-order valence-corrected chi connectivity index (χ1v) is 4.65. The Balaban J connectivity index is 2.41. The molecule has 2 N–H and O–H groups in total. The van der Waals surface area contributed by atoms with Crippen LogP contribution in [0.15, 0.2) is 18.2 Å². The number of nitrogens with zero attached hydrogens (tertiary/aromatic N) is 1. The molecule has 0 atom stereocenters. The van der Waals surface area contributed by atoms with Gasteiger partial charge in [0, 0.05) is 11.1 Å². The maximum Gasteiger partial charge on any atom is 0.129 e. The lowest BCUT2D eigenvalue weighted by atomic mass is 9.72. The number of nitriles is 1. The lowest BCUT2D eigenvalue weighted by Crippen LogP contribution is -2.44. The van der Waals surface area contributed by atoms with Gasteiger partial charge in [0.05, 0.1) is 11.6 Å². The molecule has 0 unspecified atom stereocenters. The van der Waals surface area contributed by atoms with Gasteiger partial charge >= 0.3 is 0 Å². The van der Waals surface area contributed by atoms with E-state index in [0.717, 1.165) is 19.3 Å². The largest absolute Gasteiger partial charge is 0.321 e. The van der Waals surface area contributed by atoms with Crippen molar-refractivity contribution >= 4 is 0 Å². The Morgan fingerprint density at radius 3 is 2.57 bits per heavy atom. The van der Waals surface area contributed by atoms with E-state index in [2.05, 4.69) is 0 Å². The average Bonchev–Trinajstić information content (AvgIpc) is 2.14. The van der Waals surface area contributed by atoms with E-state index in [1.54, 1.807) is 12.1 Å². The highest BCUT2D eigenvalue weighted by atomic mass is 19.1. The van der Waals surface area contributed by atoms with Crippen molar-refractivity contribution in [2.45, 2.75) is 24.8 Å². The first-order valence-electron chi connectivity index (χ1n) is 4.65. The van der Waals surface area contributed by atoms with Gasteiger partial charge in [-0.05, 0) is 31.4 Å². The van der Waals surface area contributed by atoms with E-state index in [1.807, 2.05) is 6.07 Å². The summed E-state index contributed by atoms with van der Waals surface area (Å²) in [6.07, 6.45) is 2.71. The molecule has 0 spiro atoms. The molecule has 1 aliphatic carbocycles. The molecular formula is C11H11FN2. The fourth-order valence-corrected chi connectivity index (χ4v) is 1.82. The fraction of sp³-hybridized carbons (Fsp3) is 0.364. The highest BCUT2D eigenvalue weighted by molar-refractivity contribution is 5.36. The molecule has 0 saturated heterocycles. The monoisotopic (exact) mass is 190 g/mol. The van der Waals surface area contributed by atoms with Gasteiger partial charge in [-0.25, -0.2) is 4.39 Å². The summed E-state index contributed by atoms with van der Waals surface area (Å²) in [6, 6.07) is 6.40. The van der Waals surface area contributed by atoms with Crippen molar-refractivity contribution < 1.29 is 4.39 Å². The number of nitrogens with two attached hydrogens (primary N) is 1. The van der Waals surface area contributed by atoms with Crippen LogP contribution < -0.4 is 5.73 Å². The molecule has 1 aromatic rings. The van der Waals surface area contributed by atoms with Gasteiger partial charge < -0.3 is 5.73 Å². The minimum Gasteiger partial charge on any atom is -0.321 e. The van der Waals surface area contributed by atoms with Crippen molar-refractivity contribution in [2.24, 2.45) is 5.73 Å². The molecule has 1 fully saturated rings. The third-order valence-electron chi connectivity index (χ3n) is 2.88. The average molecular weight is 190 g/mol. The predicted molar refractivity (Wildman–Crippen MR) is 50.8 cm³/mol. The molecule has 1 aromatic carbocycles. The van der Waals surface area contributed by atoms with Crippen LogP contribution in [0, 0.1) is 17.1 Å². The molecule has 0 aliphatic heterocycles. The smallest absolute Gasteiger partial charge is 0.129 e. The lowest BCUT2D eigenvalue weighted by molar-refractivity contribution is 0.245. The molecule has 1 aliphatic rings. The second-order valence-corrected chi connectivity index (χ2v) is 3.82. The first-order chi connectivity index (χ1) is 6.65. The summed E-state index contributed by atoms with van der Waals surface area (Å²) in [7, 11) is 0. The van der Waals surface area contributed by atoms with Crippen LogP contribution in [0.1, 0.15) is 30.4 Å². The third-order valence-corrected chi connectivity index (χ3v) is 2.88. The van der Waals surface area contributed by atoms with Crippen LogP contribution in [0.4, 0.5) is 4.39 Å². The van der Waals surface area contributed by atoms with Gasteiger partial charge in [0.15, 0.2) is 0 Å². The Bertz CT molecular complexity index is 402. The van der Waals surface area contributed by atoms with Crippen molar-refractivity contribution in [1.82, 2.24) is 0 Å². The van der Waals surface area contributed by atoms with Crippen molar-refractivity contribution in [3.05, 3.63) is 35.1 Å². The molecule has 0 amide bonds. The van der Waals surface area contributed by atoms with Crippen molar-refractivity contribution in [3.63, 3.8) is 0 Å². The SMILES string of the molecule is N#Cc1ccc(C2(N)CCC2)c(F)c1. The number of halogens is 1. The summed E-state index contributed by atoms with van der Waals surface area (Å²) in [5.74, 6) is -0.355. The van der Waals surface area contributed by atoms with E-state index in [-0.39, 0.29) is 5.82 Å². The lowest BCUT2D eigenvalue weighted by Gasteiger charge is -2.38. The predicted octanol–water partition coefficient (Wildman–Crippen LogP) is 2.04. The topological polar surface area (TPSA) is 49.8 Å². The van der Waals surface area contributed by atoms with Crippen LogP contribution in [-0.4, -0.2) is 0 Å². The van der Waals surface area contributed by atoms with Gasteiger partial charge in [-0.3, -0.25) is 0 Å². The third kappa shape index (κ3) is 1.28. The zero-order chi connectivity index (χ0) is 10.2. The van der Waals surface area contributed by atoms with Crippen LogP contribution in [0.2, 0.25) is 0 Å². The van der Waals surface area contributed by atoms with Gasteiger partial charge in [-0.2, -0.15) is 5.26 Å². The Labute approximate surface area is 82.1 Å². The van der Waals surface area contributed by atoms with Gasteiger partial charge in [0.25, 0.3) is 0 Å². The number of rotatable bonds is 1. The minimum atomic E-state index is -0.488. The van der Waals surface area contributed by atoms with E-state index < -0.39 is 5.54 Å². The van der Waals surface area contributed by atoms with E-state index >= 15 is 0 Å². The summed E-state index contributed by atoms with van der Waals surface area (Å²) in [5, 5.41) is 8.58. The van der Waals surface area contributed by atoms with Crippen molar-refractivity contribution in [2.75, 3.05) is 0 Å². The van der Waals surface area contributed by atoms with E-state index in [9.17, 15) is 4.39 Å². The van der Waals surface area contributed by atoms with E-state index in [0.29, 0.717) is 11.1 Å². The summed E-state index contributed by atoms with van der Waals surface area (Å²) in [4.78, 5) is 0. The second-order valence-electron chi connectivity index (χ2n) is 3.82. The van der Waals surface area contributed by atoms with Crippen LogP contribution in [0.3, 0.4) is 0 Å². The molecule has 2 nitrogen and oxygen atoms in total. The highest BCUT2D eigenvalue weighted by Crippen LogP contribution is 2.39. The maximum absolute atomic E-state index is 13.5. The number of hydrogen-bond donors (Lipinski definition) is 1. The van der Waals surface area contributed by atoms with Crippen LogP contribution in [0.25, 0.3) is 0 Å². The van der Waals surface area contributed by atoms with E-state index in [1.165, 1.54) is 6.07 Å². The van der Waals surface area contributed by atoms with Gasteiger partial charge in [-0.1, -0.05) is 6.07 Å². The molecule has 1 saturated carbocycles. The molecule has 0 radical (unpaired) electrons. The summed E-state index contributed by atoms with van der Waals surface area (Å²) in [5.41, 5.74) is 6.39. The quantitative estimate of drug-likeness (QED) is 0.736. The molecule has 0 bridgehead atoms. The minimum absolute atomic E-state index is 0.342. The summed E-state index contributed by atoms with van der Waals surface area (Å²) in [6.45, 7) is 0. The Morgan fingerprint density at radius 1 is 1.43 bits per heavy atom. The van der Waals surface area contributed by atoms with Gasteiger partial charge in [0.1, 0.15) is 5.82 Å². The van der Waals surface area contributed by atoms with Crippen LogP contribution in [-0.2, 0) is 5.54 Å². The van der Waals surface area contributed by atoms with Crippen LogP contribution in [0.5, 0.6) is 0 Å². The zero-order valence-electron chi connectivity index (χ0n) is 7.76. The van der Waals surface area contributed by atoms with Gasteiger partial charge in [0.2, 0.25) is 0 Å². The van der Waals surface area contributed by atoms with Gasteiger partial charge in [-0.15, -0.1) is 0 Å². The summed E-state index contributed by atoms with van der Waals surface area (Å²) < 4.78 is 13.5. The molecule has 0 aromatic heterocycles. The molecule has 14 heavy (non-hydrogen) atoms. The fourth-order valence-electron chi connectivity index (χ4n) is 1.82. The maximum atomic E-state index is 13.5. The zero-order valence-corrected chi connectivity index (χ0v) is 7.76. The number of hydrogen-bond acceptors (Lipinski definition) is 2. The molecule has 72 valence electrons. The second kappa shape index (κ2) is 3.07. The molecule has 3 heteroatoms. The van der Waals surface area contributed by atoms with Crippen molar-refractivity contribution in [1.29, 1.82) is 5.26 Å². The van der Waals surface area contributed by atoms with Crippen LogP contribution >= 0.6 is 0 Å². The van der Waals surface area contributed by atoms with Crippen molar-refractivity contribution in [3.8, 4) is 6.07 Å². The number of benzene rings is 1.